The third kappa shape index (κ3) is 3.21. The maximum absolute atomic E-state index is 11.3. The summed E-state index contributed by atoms with van der Waals surface area (Å²) < 4.78 is 5.43. The Balaban J connectivity index is 1.70. The van der Waals surface area contributed by atoms with Gasteiger partial charge in [0.25, 0.3) is 0 Å². The third-order valence-electron chi connectivity index (χ3n) is 4.54. The van der Waals surface area contributed by atoms with Crippen LogP contribution < -0.4 is 10.6 Å². The van der Waals surface area contributed by atoms with Gasteiger partial charge in [0.15, 0.2) is 0 Å². The number of nitrogens with one attached hydrogen (secondary N) is 1. The molecule has 0 spiro atoms. The van der Waals surface area contributed by atoms with Gasteiger partial charge in [-0.3, -0.25) is 4.79 Å². The number of hydrogen-bond acceptors (Lipinski definition) is 4. The van der Waals surface area contributed by atoms with Crippen LogP contribution in [-0.4, -0.2) is 42.2 Å². The predicted octanol–water partition coefficient (Wildman–Crippen LogP) is 2.09. The molecule has 0 unspecified atom stereocenters. The van der Waals surface area contributed by atoms with Crippen molar-refractivity contribution in [1.82, 2.24) is 9.97 Å². The topological polar surface area (TPSA) is 84.2 Å². The molecule has 1 aliphatic rings. The van der Waals surface area contributed by atoms with Gasteiger partial charge < -0.3 is 20.4 Å². The Morgan fingerprint density at radius 2 is 2.08 bits per heavy atom. The van der Waals surface area contributed by atoms with E-state index in [1.165, 1.54) is 5.69 Å². The molecule has 0 atom stereocenters. The Hall–Kier alpha value is -2.86. The van der Waals surface area contributed by atoms with Crippen molar-refractivity contribution in [2.45, 2.75) is 6.42 Å². The lowest BCUT2D eigenvalue weighted by Gasteiger charge is -2.29. The Kier molecular flexibility index (Phi) is 4.11. The third-order valence-corrected chi connectivity index (χ3v) is 4.54. The van der Waals surface area contributed by atoms with Crippen molar-refractivity contribution >= 4 is 22.6 Å². The van der Waals surface area contributed by atoms with E-state index in [2.05, 4.69) is 45.2 Å². The Labute approximate surface area is 145 Å². The van der Waals surface area contributed by atoms with E-state index < -0.39 is 0 Å². The van der Waals surface area contributed by atoms with Crippen molar-refractivity contribution in [1.29, 1.82) is 0 Å². The van der Waals surface area contributed by atoms with Gasteiger partial charge in [0.1, 0.15) is 5.65 Å². The Morgan fingerprint density at radius 1 is 1.24 bits per heavy atom. The number of anilines is 1. The number of fused-ring (bicyclic) bond motifs is 1. The molecule has 3 aromatic rings. The minimum Gasteiger partial charge on any atom is -0.378 e. The zero-order valence-electron chi connectivity index (χ0n) is 13.9. The molecule has 1 amide bonds. The summed E-state index contributed by atoms with van der Waals surface area (Å²) in [5.74, 6) is -0.347. The first-order valence-electron chi connectivity index (χ1n) is 8.38. The first-order valence-corrected chi connectivity index (χ1v) is 8.38. The van der Waals surface area contributed by atoms with Crippen molar-refractivity contribution in [3.63, 3.8) is 0 Å². The van der Waals surface area contributed by atoms with Crippen molar-refractivity contribution < 1.29 is 9.53 Å². The number of carbonyl (C=O) groups is 1. The van der Waals surface area contributed by atoms with Crippen LogP contribution in [0.25, 0.3) is 22.2 Å². The Bertz CT molecular complexity index is 913. The van der Waals surface area contributed by atoms with E-state index in [4.69, 9.17) is 10.5 Å². The lowest BCUT2D eigenvalue weighted by Crippen LogP contribution is -2.36. The van der Waals surface area contributed by atoms with Gasteiger partial charge in [-0.2, -0.15) is 0 Å². The number of ether oxygens (including phenoxy) is 1. The molecule has 3 N–H and O–H groups in total. The van der Waals surface area contributed by atoms with Crippen molar-refractivity contribution in [3.8, 4) is 11.1 Å². The monoisotopic (exact) mass is 336 g/mol. The molecule has 6 heteroatoms. The standard InChI is InChI=1S/C19H20N4O2/c20-18(24)10-15-12-22-19-17(15)9-14(11-21-19)13-2-1-3-16(8-13)23-4-6-25-7-5-23/h1-3,8-9,11-12H,4-7,10H2,(H2,20,24)(H,21,22). The minimum atomic E-state index is -0.347. The summed E-state index contributed by atoms with van der Waals surface area (Å²) in [6.45, 7) is 3.33. The quantitative estimate of drug-likeness (QED) is 0.764. The number of benzene rings is 1. The van der Waals surface area contributed by atoms with Gasteiger partial charge in [0, 0.05) is 42.1 Å². The van der Waals surface area contributed by atoms with Crippen molar-refractivity contribution in [3.05, 3.63) is 48.3 Å². The molecule has 0 radical (unpaired) electrons. The second-order valence-corrected chi connectivity index (χ2v) is 6.23. The normalized spacial score (nSPS) is 14.8. The summed E-state index contributed by atoms with van der Waals surface area (Å²) in [5, 5.41) is 0.938. The molecule has 6 nitrogen and oxygen atoms in total. The summed E-state index contributed by atoms with van der Waals surface area (Å²) in [6.07, 6.45) is 3.86. The number of pyridine rings is 1. The van der Waals surface area contributed by atoms with Gasteiger partial charge in [-0.1, -0.05) is 12.1 Å². The minimum absolute atomic E-state index is 0.207. The predicted molar refractivity (Wildman–Crippen MR) is 97.5 cm³/mol. The SMILES string of the molecule is NC(=O)Cc1c[nH]c2ncc(-c3cccc(N4CCOCC4)c3)cc12. The lowest BCUT2D eigenvalue weighted by molar-refractivity contribution is -0.117. The summed E-state index contributed by atoms with van der Waals surface area (Å²) >= 11 is 0. The average molecular weight is 336 g/mol. The molecule has 0 saturated carbocycles. The zero-order chi connectivity index (χ0) is 17.2. The van der Waals surface area contributed by atoms with E-state index in [9.17, 15) is 4.79 Å². The largest absolute Gasteiger partial charge is 0.378 e. The van der Waals surface area contributed by atoms with Crippen LogP contribution in [0, 0.1) is 0 Å². The second kappa shape index (κ2) is 6.57. The number of primary amides is 1. The highest BCUT2D eigenvalue weighted by molar-refractivity contribution is 5.89. The van der Waals surface area contributed by atoms with E-state index in [1.807, 2.05) is 6.20 Å². The molecule has 1 aliphatic heterocycles. The number of H-pyrrole nitrogens is 1. The average Bonchev–Trinajstić information content (AvgIpc) is 3.04. The molecule has 2 aromatic heterocycles. The van der Waals surface area contributed by atoms with E-state index in [0.717, 1.165) is 54.0 Å². The molecule has 1 saturated heterocycles. The summed E-state index contributed by atoms with van der Waals surface area (Å²) in [5.41, 5.74) is 10.3. The summed E-state index contributed by atoms with van der Waals surface area (Å²) in [6, 6.07) is 10.5. The van der Waals surface area contributed by atoms with Gasteiger partial charge in [0.05, 0.1) is 19.6 Å². The number of aromatic amines is 1. The molecule has 1 fully saturated rings. The fourth-order valence-corrected chi connectivity index (χ4v) is 3.25. The molecule has 1 aromatic carbocycles. The number of morpholine rings is 1. The fourth-order valence-electron chi connectivity index (χ4n) is 3.25. The molecule has 3 heterocycles. The molecule has 4 rings (SSSR count). The maximum Gasteiger partial charge on any atom is 0.221 e. The smallest absolute Gasteiger partial charge is 0.221 e. The van der Waals surface area contributed by atoms with Crippen molar-refractivity contribution in [2.75, 3.05) is 31.2 Å². The molecule has 0 bridgehead atoms. The van der Waals surface area contributed by atoms with Gasteiger partial charge >= 0.3 is 0 Å². The van der Waals surface area contributed by atoms with Crippen LogP contribution in [0.1, 0.15) is 5.56 Å². The highest BCUT2D eigenvalue weighted by Crippen LogP contribution is 2.28. The van der Waals surface area contributed by atoms with Crippen LogP contribution in [0.4, 0.5) is 5.69 Å². The molecule has 128 valence electrons. The summed E-state index contributed by atoms with van der Waals surface area (Å²) in [7, 11) is 0. The zero-order valence-corrected chi connectivity index (χ0v) is 13.9. The second-order valence-electron chi connectivity index (χ2n) is 6.23. The van der Waals surface area contributed by atoms with Gasteiger partial charge in [-0.25, -0.2) is 4.98 Å². The number of rotatable bonds is 4. The van der Waals surface area contributed by atoms with Gasteiger partial charge in [-0.15, -0.1) is 0 Å². The molecule has 25 heavy (non-hydrogen) atoms. The lowest BCUT2D eigenvalue weighted by atomic mass is 10.0. The highest BCUT2D eigenvalue weighted by atomic mass is 16.5. The number of nitrogens with zero attached hydrogens (tertiary/aromatic N) is 2. The van der Waals surface area contributed by atoms with Crippen molar-refractivity contribution in [2.24, 2.45) is 5.73 Å². The molecule has 0 aliphatic carbocycles. The van der Waals surface area contributed by atoms with Crippen LogP contribution in [-0.2, 0) is 16.0 Å². The first kappa shape index (κ1) is 15.7. The van der Waals surface area contributed by atoms with E-state index in [0.29, 0.717) is 0 Å². The number of hydrogen-bond donors (Lipinski definition) is 2. The van der Waals surface area contributed by atoms with Crippen LogP contribution in [0.5, 0.6) is 0 Å². The highest BCUT2D eigenvalue weighted by Gasteiger charge is 2.13. The Morgan fingerprint density at radius 3 is 2.88 bits per heavy atom. The van der Waals surface area contributed by atoms with Crippen LogP contribution in [0.2, 0.25) is 0 Å². The molecular formula is C19H20N4O2. The molecular weight excluding hydrogens is 316 g/mol. The van der Waals surface area contributed by atoms with Gasteiger partial charge in [-0.05, 0) is 29.3 Å². The maximum atomic E-state index is 11.3. The van der Waals surface area contributed by atoms with Crippen LogP contribution >= 0.6 is 0 Å². The first-order chi connectivity index (χ1) is 12.2. The van der Waals surface area contributed by atoms with Crippen LogP contribution in [0.3, 0.4) is 0 Å². The van der Waals surface area contributed by atoms with E-state index in [-0.39, 0.29) is 12.3 Å². The van der Waals surface area contributed by atoms with Gasteiger partial charge in [0.2, 0.25) is 5.91 Å². The van der Waals surface area contributed by atoms with E-state index >= 15 is 0 Å². The van der Waals surface area contributed by atoms with E-state index in [1.54, 1.807) is 6.20 Å². The van der Waals surface area contributed by atoms with Crippen LogP contribution in [0.15, 0.2) is 42.7 Å². The number of carbonyl (C=O) groups excluding carboxylic acids is 1. The fraction of sp³-hybridized carbons (Fsp3) is 0.263. The number of nitrogens with two attached hydrogens (primary N) is 1. The summed E-state index contributed by atoms with van der Waals surface area (Å²) in [4.78, 5) is 21.2. The number of amides is 1. The number of aromatic nitrogens is 2.